The highest BCUT2D eigenvalue weighted by atomic mass is 16.6. The van der Waals surface area contributed by atoms with Crippen molar-refractivity contribution in [3.05, 3.63) is 33.9 Å². The van der Waals surface area contributed by atoms with Gasteiger partial charge in [0.15, 0.2) is 5.75 Å². The van der Waals surface area contributed by atoms with Crippen LogP contribution in [0.5, 0.6) is 5.75 Å². The molecule has 1 saturated carbocycles. The summed E-state index contributed by atoms with van der Waals surface area (Å²) < 4.78 is 16.2. The second-order valence-corrected chi connectivity index (χ2v) is 7.30. The fourth-order valence-corrected chi connectivity index (χ4v) is 2.92. The number of amides is 1. The predicted octanol–water partition coefficient (Wildman–Crippen LogP) is 3.57. The van der Waals surface area contributed by atoms with Gasteiger partial charge in [0, 0.05) is 6.07 Å². The summed E-state index contributed by atoms with van der Waals surface area (Å²) in [6.07, 6.45) is 1.96. The number of nitrogens with one attached hydrogen (secondary N) is 1. The summed E-state index contributed by atoms with van der Waals surface area (Å²) in [6.45, 7) is 5.66. The lowest BCUT2D eigenvalue weighted by atomic mass is 10.2. The molecule has 2 atom stereocenters. The lowest BCUT2D eigenvalue weighted by molar-refractivity contribution is -0.385. The zero-order valence-corrected chi connectivity index (χ0v) is 15.6. The van der Waals surface area contributed by atoms with Gasteiger partial charge >= 0.3 is 11.8 Å². The van der Waals surface area contributed by atoms with Crippen LogP contribution < -0.4 is 10.1 Å². The van der Waals surface area contributed by atoms with Crippen molar-refractivity contribution in [3.63, 3.8) is 0 Å². The highest BCUT2D eigenvalue weighted by molar-refractivity contribution is 5.68. The summed E-state index contributed by atoms with van der Waals surface area (Å²) in [7, 11) is 1.39. The smallest absolute Gasteiger partial charge is 0.407 e. The summed E-state index contributed by atoms with van der Waals surface area (Å²) in [5, 5.41) is 14.0. The molecule has 0 aromatic heterocycles. The first-order chi connectivity index (χ1) is 12.2. The van der Waals surface area contributed by atoms with E-state index in [1.54, 1.807) is 12.1 Å². The maximum Gasteiger partial charge on any atom is 0.407 e. The lowest BCUT2D eigenvalue weighted by Gasteiger charge is -2.25. The summed E-state index contributed by atoms with van der Waals surface area (Å²) >= 11 is 0. The molecule has 26 heavy (non-hydrogen) atoms. The molecule has 144 valence electrons. The molecule has 0 aliphatic heterocycles. The molecule has 0 radical (unpaired) electrons. The predicted molar refractivity (Wildman–Crippen MR) is 95.2 cm³/mol. The Morgan fingerprint density at radius 1 is 1.35 bits per heavy atom. The van der Waals surface area contributed by atoms with Crippen LogP contribution in [0.4, 0.5) is 10.5 Å². The number of hydrogen-bond acceptors (Lipinski definition) is 6. The largest absolute Gasteiger partial charge is 0.490 e. The fraction of sp³-hybridized carbons (Fsp3) is 0.611. The van der Waals surface area contributed by atoms with Crippen LogP contribution in [0.15, 0.2) is 18.2 Å². The number of hydrogen-bond donors (Lipinski definition) is 1. The molecular formula is C18H26N2O6. The van der Waals surface area contributed by atoms with Crippen LogP contribution >= 0.6 is 0 Å². The van der Waals surface area contributed by atoms with Crippen molar-refractivity contribution < 1.29 is 23.9 Å². The molecule has 1 fully saturated rings. The maximum atomic E-state index is 11.9. The van der Waals surface area contributed by atoms with E-state index in [1.165, 1.54) is 13.2 Å². The Bertz CT molecular complexity index is 656. The number of carbonyl (C=O) groups is 1. The van der Waals surface area contributed by atoms with Gasteiger partial charge in [-0.2, -0.15) is 0 Å². The molecule has 0 heterocycles. The number of rotatable bonds is 6. The quantitative estimate of drug-likeness (QED) is 0.610. The van der Waals surface area contributed by atoms with Gasteiger partial charge in [0.1, 0.15) is 5.60 Å². The average Bonchev–Trinajstić information content (AvgIpc) is 2.97. The van der Waals surface area contributed by atoms with Crippen molar-refractivity contribution in [2.75, 3.05) is 7.11 Å². The van der Waals surface area contributed by atoms with Gasteiger partial charge in [-0.15, -0.1) is 0 Å². The number of methoxy groups -OCH3 is 1. The van der Waals surface area contributed by atoms with Gasteiger partial charge in [0.05, 0.1) is 30.8 Å². The normalized spacial score (nSPS) is 19.8. The lowest BCUT2D eigenvalue weighted by Crippen LogP contribution is -2.43. The minimum atomic E-state index is -0.554. The van der Waals surface area contributed by atoms with E-state index in [2.05, 4.69) is 5.32 Å². The zero-order valence-electron chi connectivity index (χ0n) is 15.6. The summed E-state index contributed by atoms with van der Waals surface area (Å²) in [5.41, 5.74) is 0.0324. The molecule has 1 amide bonds. The second-order valence-electron chi connectivity index (χ2n) is 7.30. The fourth-order valence-electron chi connectivity index (χ4n) is 2.92. The van der Waals surface area contributed by atoms with Crippen LogP contribution in [-0.2, 0) is 16.1 Å². The third-order valence-electron chi connectivity index (χ3n) is 4.06. The van der Waals surface area contributed by atoms with Crippen molar-refractivity contribution in [2.45, 2.75) is 64.4 Å². The summed E-state index contributed by atoms with van der Waals surface area (Å²) in [6, 6.07) is 4.61. The van der Waals surface area contributed by atoms with Gasteiger partial charge in [0.2, 0.25) is 0 Å². The van der Waals surface area contributed by atoms with Crippen molar-refractivity contribution >= 4 is 11.8 Å². The summed E-state index contributed by atoms with van der Waals surface area (Å²) in [4.78, 5) is 22.6. The molecule has 1 aromatic carbocycles. The Morgan fingerprint density at radius 3 is 2.69 bits per heavy atom. The van der Waals surface area contributed by atoms with Crippen LogP contribution in [0.25, 0.3) is 0 Å². The van der Waals surface area contributed by atoms with Gasteiger partial charge in [-0.25, -0.2) is 4.79 Å². The molecule has 0 saturated heterocycles. The molecule has 0 bridgehead atoms. The Hall–Kier alpha value is -2.35. The molecule has 1 aliphatic carbocycles. The first-order valence-electron chi connectivity index (χ1n) is 8.62. The van der Waals surface area contributed by atoms with E-state index in [4.69, 9.17) is 14.2 Å². The van der Waals surface area contributed by atoms with Gasteiger partial charge in [-0.3, -0.25) is 10.1 Å². The molecule has 1 aliphatic rings. The van der Waals surface area contributed by atoms with Gasteiger partial charge in [-0.05, 0) is 51.7 Å². The topological polar surface area (TPSA) is 99.9 Å². The number of ether oxygens (including phenoxy) is 3. The number of nitro benzene ring substituents is 1. The summed E-state index contributed by atoms with van der Waals surface area (Å²) in [5.74, 6) is 0.212. The number of carbonyl (C=O) groups excluding carboxylic acids is 1. The molecule has 2 rings (SSSR count). The molecule has 1 aromatic rings. The SMILES string of the molecule is COc1ccc(CO[C@@H]2CCC[C@H]2NC(=O)OC(C)(C)C)cc1[N+](=O)[O-]. The van der Waals surface area contributed by atoms with Crippen LogP contribution in [0.1, 0.15) is 45.6 Å². The minimum absolute atomic E-state index is 0.0940. The highest BCUT2D eigenvalue weighted by Gasteiger charge is 2.31. The van der Waals surface area contributed by atoms with Crippen LogP contribution in [0, 0.1) is 10.1 Å². The molecule has 1 N–H and O–H groups in total. The van der Waals surface area contributed by atoms with Gasteiger partial charge in [0.25, 0.3) is 0 Å². The van der Waals surface area contributed by atoms with Crippen molar-refractivity contribution in [1.82, 2.24) is 5.32 Å². The van der Waals surface area contributed by atoms with Crippen molar-refractivity contribution in [1.29, 1.82) is 0 Å². The first kappa shape index (κ1) is 20.0. The maximum absolute atomic E-state index is 11.9. The molecule has 8 heteroatoms. The van der Waals surface area contributed by atoms with E-state index >= 15 is 0 Å². The number of alkyl carbamates (subject to hydrolysis) is 1. The van der Waals surface area contributed by atoms with Crippen LogP contribution in [0.3, 0.4) is 0 Å². The van der Waals surface area contributed by atoms with Crippen LogP contribution in [0.2, 0.25) is 0 Å². The molecule has 8 nitrogen and oxygen atoms in total. The average molecular weight is 366 g/mol. The second kappa shape index (κ2) is 8.35. The van der Waals surface area contributed by atoms with Crippen molar-refractivity contribution in [3.8, 4) is 5.75 Å². The third kappa shape index (κ3) is 5.59. The Morgan fingerprint density at radius 2 is 2.08 bits per heavy atom. The number of nitrogens with zero attached hydrogens (tertiary/aromatic N) is 1. The standard InChI is InChI=1S/C18H26N2O6/c1-18(2,3)26-17(21)19-13-6-5-7-15(13)25-11-12-8-9-16(24-4)14(10-12)20(22)23/h8-10,13,15H,5-7,11H2,1-4H3,(H,19,21)/t13-,15-/m1/s1. The van der Waals surface area contributed by atoms with Crippen LogP contribution in [-0.4, -0.2) is 35.9 Å². The third-order valence-corrected chi connectivity index (χ3v) is 4.06. The van der Waals surface area contributed by atoms with E-state index in [-0.39, 0.29) is 30.2 Å². The van der Waals surface area contributed by atoms with Crippen molar-refractivity contribution in [2.24, 2.45) is 0 Å². The molecular weight excluding hydrogens is 340 g/mol. The Balaban J connectivity index is 1.95. The zero-order chi connectivity index (χ0) is 19.3. The molecule has 0 spiro atoms. The number of nitro groups is 1. The Labute approximate surface area is 153 Å². The van der Waals surface area contributed by atoms with E-state index in [9.17, 15) is 14.9 Å². The molecule has 0 unspecified atom stereocenters. The first-order valence-corrected chi connectivity index (χ1v) is 8.62. The minimum Gasteiger partial charge on any atom is -0.490 e. The van der Waals surface area contributed by atoms with E-state index in [0.29, 0.717) is 5.56 Å². The number of benzene rings is 1. The van der Waals surface area contributed by atoms with E-state index in [0.717, 1.165) is 19.3 Å². The monoisotopic (exact) mass is 366 g/mol. The van der Waals surface area contributed by atoms with E-state index in [1.807, 2.05) is 20.8 Å². The van der Waals surface area contributed by atoms with Gasteiger partial charge < -0.3 is 19.5 Å². The highest BCUT2D eigenvalue weighted by Crippen LogP contribution is 2.29. The van der Waals surface area contributed by atoms with E-state index < -0.39 is 16.6 Å². The Kier molecular flexibility index (Phi) is 6.42. The van der Waals surface area contributed by atoms with Gasteiger partial charge in [-0.1, -0.05) is 6.07 Å².